The number of amides is 1. The third-order valence-corrected chi connectivity index (χ3v) is 4.28. The highest BCUT2D eigenvalue weighted by Gasteiger charge is 2.21. The number of benzene rings is 1. The average Bonchev–Trinajstić information content (AvgIpc) is 2.55. The van der Waals surface area contributed by atoms with Gasteiger partial charge in [0.05, 0.1) is 0 Å². The molecule has 21 heavy (non-hydrogen) atoms. The lowest BCUT2D eigenvalue weighted by Crippen LogP contribution is -2.36. The minimum absolute atomic E-state index is 0.101. The van der Waals surface area contributed by atoms with Crippen molar-refractivity contribution >= 4 is 5.91 Å². The molecule has 1 aromatic carbocycles. The molecule has 3 heteroatoms. The summed E-state index contributed by atoms with van der Waals surface area (Å²) in [6, 6.07) is 7.61. The fraction of sp³-hybridized carbons (Fsp3) is 0.500. The predicted octanol–water partition coefficient (Wildman–Crippen LogP) is 3.35. The smallest absolute Gasteiger partial charge is 0.254 e. The molecule has 0 unspecified atom stereocenters. The van der Waals surface area contributed by atoms with Crippen molar-refractivity contribution in [3.05, 3.63) is 48.0 Å². The monoisotopic (exact) mass is 286 g/mol. The first kappa shape index (κ1) is 15.8. The van der Waals surface area contributed by atoms with Crippen molar-refractivity contribution in [1.82, 2.24) is 4.90 Å². The summed E-state index contributed by atoms with van der Waals surface area (Å²) in [6.45, 7) is 5.76. The van der Waals surface area contributed by atoms with E-state index in [1.165, 1.54) is 32.1 Å². The van der Waals surface area contributed by atoms with Gasteiger partial charge in [0.2, 0.25) is 0 Å². The van der Waals surface area contributed by atoms with Gasteiger partial charge < -0.3 is 10.6 Å². The summed E-state index contributed by atoms with van der Waals surface area (Å²) in [4.78, 5) is 14.6. The summed E-state index contributed by atoms with van der Waals surface area (Å²) in [5.74, 6) is 0.745. The number of carbonyl (C=O) groups is 1. The molecule has 0 spiro atoms. The zero-order chi connectivity index (χ0) is 15.1. The Hall–Kier alpha value is -1.61. The highest BCUT2D eigenvalue weighted by molar-refractivity contribution is 5.94. The fourth-order valence-corrected chi connectivity index (χ4v) is 3.04. The van der Waals surface area contributed by atoms with Crippen LogP contribution < -0.4 is 5.73 Å². The molecule has 1 saturated carbocycles. The van der Waals surface area contributed by atoms with E-state index in [2.05, 4.69) is 6.58 Å². The van der Waals surface area contributed by atoms with Crippen LogP contribution in [0.15, 0.2) is 36.9 Å². The normalized spacial score (nSPS) is 15.7. The molecule has 0 heterocycles. The van der Waals surface area contributed by atoms with Crippen LogP contribution in [0.4, 0.5) is 0 Å². The van der Waals surface area contributed by atoms with Gasteiger partial charge in [-0.1, -0.05) is 37.5 Å². The zero-order valence-corrected chi connectivity index (χ0v) is 12.8. The quantitative estimate of drug-likeness (QED) is 0.815. The van der Waals surface area contributed by atoms with Crippen LogP contribution in [-0.4, -0.2) is 23.9 Å². The van der Waals surface area contributed by atoms with Gasteiger partial charge in [0.25, 0.3) is 5.91 Å². The van der Waals surface area contributed by atoms with Gasteiger partial charge in [0, 0.05) is 25.2 Å². The number of nitrogens with zero attached hydrogens (tertiary/aromatic N) is 1. The Morgan fingerprint density at radius 3 is 2.48 bits per heavy atom. The molecule has 1 aromatic rings. The Bertz CT molecular complexity index is 461. The number of hydrogen-bond acceptors (Lipinski definition) is 2. The number of rotatable bonds is 6. The van der Waals surface area contributed by atoms with Crippen LogP contribution in [0.25, 0.3) is 0 Å². The minimum Gasteiger partial charge on any atom is -0.335 e. The van der Waals surface area contributed by atoms with Gasteiger partial charge in [-0.05, 0) is 36.5 Å². The van der Waals surface area contributed by atoms with Gasteiger partial charge in [0.15, 0.2) is 0 Å². The molecule has 0 bridgehead atoms. The van der Waals surface area contributed by atoms with Crippen LogP contribution in [0.3, 0.4) is 0 Å². The summed E-state index contributed by atoms with van der Waals surface area (Å²) >= 11 is 0. The maximum Gasteiger partial charge on any atom is 0.254 e. The number of nitrogens with two attached hydrogens (primary N) is 1. The SMILES string of the molecule is C=CCN(CC1CCCCC1)C(=O)c1ccc(CN)cc1. The van der Waals surface area contributed by atoms with E-state index >= 15 is 0 Å². The third kappa shape index (κ3) is 4.43. The predicted molar refractivity (Wildman–Crippen MR) is 87.0 cm³/mol. The van der Waals surface area contributed by atoms with Gasteiger partial charge in [-0.25, -0.2) is 0 Å². The number of hydrogen-bond donors (Lipinski definition) is 1. The van der Waals surface area contributed by atoms with E-state index in [0.717, 1.165) is 17.7 Å². The van der Waals surface area contributed by atoms with Crippen molar-refractivity contribution in [2.75, 3.05) is 13.1 Å². The van der Waals surface area contributed by atoms with Crippen molar-refractivity contribution in [3.8, 4) is 0 Å². The molecule has 3 nitrogen and oxygen atoms in total. The molecular formula is C18H26N2O. The summed E-state index contributed by atoms with van der Waals surface area (Å²) in [7, 11) is 0. The maximum atomic E-state index is 12.7. The molecular weight excluding hydrogens is 260 g/mol. The standard InChI is InChI=1S/C18H26N2O/c1-2-12-20(14-16-6-4-3-5-7-16)18(21)17-10-8-15(13-19)9-11-17/h2,8-11,16H,1,3-7,12-14,19H2. The van der Waals surface area contributed by atoms with E-state index in [-0.39, 0.29) is 5.91 Å². The summed E-state index contributed by atoms with van der Waals surface area (Å²) < 4.78 is 0. The van der Waals surface area contributed by atoms with Crippen LogP contribution in [-0.2, 0) is 6.54 Å². The highest BCUT2D eigenvalue weighted by atomic mass is 16.2. The first-order valence-electron chi connectivity index (χ1n) is 7.93. The van der Waals surface area contributed by atoms with Gasteiger partial charge >= 0.3 is 0 Å². The Balaban J connectivity index is 2.04. The molecule has 1 amide bonds. The van der Waals surface area contributed by atoms with E-state index in [1.54, 1.807) is 0 Å². The van der Waals surface area contributed by atoms with Crippen molar-refractivity contribution in [3.63, 3.8) is 0 Å². The van der Waals surface area contributed by atoms with E-state index in [9.17, 15) is 4.79 Å². The first-order valence-corrected chi connectivity index (χ1v) is 7.93. The van der Waals surface area contributed by atoms with E-state index < -0.39 is 0 Å². The van der Waals surface area contributed by atoms with Crippen molar-refractivity contribution in [2.45, 2.75) is 38.6 Å². The van der Waals surface area contributed by atoms with Gasteiger partial charge in [0.1, 0.15) is 0 Å². The Labute approximate surface area is 127 Å². The van der Waals surface area contributed by atoms with Gasteiger partial charge in [-0.3, -0.25) is 4.79 Å². The fourth-order valence-electron chi connectivity index (χ4n) is 3.04. The zero-order valence-electron chi connectivity index (χ0n) is 12.8. The van der Waals surface area contributed by atoms with E-state index in [4.69, 9.17) is 5.73 Å². The Morgan fingerprint density at radius 2 is 1.90 bits per heavy atom. The van der Waals surface area contributed by atoms with Crippen LogP contribution >= 0.6 is 0 Å². The average molecular weight is 286 g/mol. The Morgan fingerprint density at radius 1 is 1.24 bits per heavy atom. The molecule has 114 valence electrons. The molecule has 0 aliphatic heterocycles. The Kier molecular flexibility index (Phi) is 6.00. The lowest BCUT2D eigenvalue weighted by molar-refractivity contribution is 0.0735. The van der Waals surface area contributed by atoms with E-state index in [0.29, 0.717) is 19.0 Å². The van der Waals surface area contributed by atoms with Crippen molar-refractivity contribution in [2.24, 2.45) is 11.7 Å². The molecule has 2 rings (SSSR count). The molecule has 1 aliphatic rings. The molecule has 2 N–H and O–H groups in total. The maximum absolute atomic E-state index is 12.7. The van der Waals surface area contributed by atoms with Gasteiger partial charge in [-0.15, -0.1) is 6.58 Å². The highest BCUT2D eigenvalue weighted by Crippen LogP contribution is 2.25. The summed E-state index contributed by atoms with van der Waals surface area (Å²) in [5, 5.41) is 0. The second-order valence-corrected chi connectivity index (χ2v) is 5.90. The second-order valence-electron chi connectivity index (χ2n) is 5.90. The van der Waals surface area contributed by atoms with Gasteiger partial charge in [-0.2, -0.15) is 0 Å². The summed E-state index contributed by atoms with van der Waals surface area (Å²) in [6.07, 6.45) is 8.24. The largest absolute Gasteiger partial charge is 0.335 e. The molecule has 0 saturated heterocycles. The van der Waals surface area contributed by atoms with Crippen molar-refractivity contribution in [1.29, 1.82) is 0 Å². The molecule has 0 aromatic heterocycles. The van der Waals surface area contributed by atoms with Crippen LogP contribution in [0.2, 0.25) is 0 Å². The van der Waals surface area contributed by atoms with E-state index in [1.807, 2.05) is 35.2 Å². The van der Waals surface area contributed by atoms with Crippen LogP contribution in [0.5, 0.6) is 0 Å². The lowest BCUT2D eigenvalue weighted by atomic mass is 9.89. The third-order valence-electron chi connectivity index (χ3n) is 4.28. The summed E-state index contributed by atoms with van der Waals surface area (Å²) in [5.41, 5.74) is 7.39. The van der Waals surface area contributed by atoms with Crippen LogP contribution in [0, 0.1) is 5.92 Å². The van der Waals surface area contributed by atoms with Crippen LogP contribution in [0.1, 0.15) is 48.0 Å². The second kappa shape index (κ2) is 7.99. The topological polar surface area (TPSA) is 46.3 Å². The lowest BCUT2D eigenvalue weighted by Gasteiger charge is -2.29. The molecule has 1 fully saturated rings. The minimum atomic E-state index is 0.101. The first-order chi connectivity index (χ1) is 10.2. The number of carbonyl (C=O) groups excluding carboxylic acids is 1. The van der Waals surface area contributed by atoms with Crippen molar-refractivity contribution < 1.29 is 4.79 Å². The molecule has 0 radical (unpaired) electrons. The molecule has 1 aliphatic carbocycles. The molecule has 0 atom stereocenters.